The highest BCUT2D eigenvalue weighted by atomic mass is 35.5. The van der Waals surface area contributed by atoms with Crippen LogP contribution in [0.15, 0.2) is 0 Å². The maximum Gasteiger partial charge on any atom is 0.204 e. The number of rotatable bonds is 2. The van der Waals surface area contributed by atoms with Gasteiger partial charge in [0.2, 0.25) is 4.33 Å². The van der Waals surface area contributed by atoms with Gasteiger partial charge in [-0.25, -0.2) is 0 Å². The number of carbonyl (C=O) groups is 1. The van der Waals surface area contributed by atoms with E-state index in [1.807, 2.05) is 0 Å². The smallest absolute Gasteiger partial charge is 0.204 e. The van der Waals surface area contributed by atoms with E-state index >= 15 is 0 Å². The summed E-state index contributed by atoms with van der Waals surface area (Å²) in [5, 5.41) is 0. The lowest BCUT2D eigenvalue weighted by Gasteiger charge is -2.55. The molecule has 0 aromatic carbocycles. The number of carbonyl (C=O) groups excluding carboxylic acids is 1. The van der Waals surface area contributed by atoms with Crippen molar-refractivity contribution in [3.8, 4) is 0 Å². The Morgan fingerprint density at radius 2 is 2.00 bits per heavy atom. The number of ketones is 1. The van der Waals surface area contributed by atoms with Gasteiger partial charge in [-0.3, -0.25) is 4.79 Å². The quantitative estimate of drug-likeness (QED) is 0.567. The van der Waals surface area contributed by atoms with Gasteiger partial charge in [-0.05, 0) is 38.9 Å². The Hall–Kier alpha value is 0.427. The summed E-state index contributed by atoms with van der Waals surface area (Å²) < 4.78 is 4.83. The third-order valence-electron chi connectivity index (χ3n) is 3.25. The second kappa shape index (κ2) is 3.22. The predicted molar refractivity (Wildman–Crippen MR) is 63.9 cm³/mol. The van der Waals surface area contributed by atoms with Crippen LogP contribution in [0.1, 0.15) is 19.3 Å². The summed E-state index contributed by atoms with van der Waals surface area (Å²) in [6.45, 7) is 6.30. The molecule has 0 amide bonds. The molecule has 2 saturated carbocycles. The Bertz CT molecular complexity index is 311. The van der Waals surface area contributed by atoms with Gasteiger partial charge in [0.1, 0.15) is 5.60 Å². The van der Waals surface area contributed by atoms with E-state index in [4.69, 9.17) is 27.6 Å². The third-order valence-corrected chi connectivity index (χ3v) is 5.24. The van der Waals surface area contributed by atoms with Crippen LogP contribution in [0.2, 0.25) is 19.6 Å². The lowest BCUT2D eigenvalue weighted by atomic mass is 9.69. The summed E-state index contributed by atoms with van der Waals surface area (Å²) in [6, 6.07) is 0. The molecule has 0 spiro atoms. The van der Waals surface area contributed by atoms with Crippen LogP contribution in [0.25, 0.3) is 0 Å². The second-order valence-electron chi connectivity index (χ2n) is 5.49. The Morgan fingerprint density at radius 1 is 1.40 bits per heavy atom. The van der Waals surface area contributed by atoms with Gasteiger partial charge in [0, 0.05) is 0 Å². The van der Waals surface area contributed by atoms with E-state index in [2.05, 4.69) is 19.6 Å². The van der Waals surface area contributed by atoms with E-state index in [1.165, 1.54) is 0 Å². The van der Waals surface area contributed by atoms with Gasteiger partial charge in [-0.2, -0.15) is 0 Å². The summed E-state index contributed by atoms with van der Waals surface area (Å²) in [6.07, 6.45) is 2.69. The van der Waals surface area contributed by atoms with Gasteiger partial charge in [0.05, 0.1) is 5.92 Å². The molecule has 5 heteroatoms. The maximum absolute atomic E-state index is 11.7. The monoisotopic (exact) mass is 266 g/mol. The zero-order chi connectivity index (χ0) is 11.5. The fourth-order valence-corrected chi connectivity index (χ4v) is 5.19. The molecular weight excluding hydrogens is 251 g/mol. The molecule has 86 valence electrons. The van der Waals surface area contributed by atoms with Crippen molar-refractivity contribution in [2.45, 2.75) is 48.8 Å². The van der Waals surface area contributed by atoms with E-state index in [-0.39, 0.29) is 11.7 Å². The van der Waals surface area contributed by atoms with Crippen molar-refractivity contribution in [3.63, 3.8) is 0 Å². The Labute approximate surface area is 101 Å². The maximum atomic E-state index is 11.7. The van der Waals surface area contributed by atoms with E-state index in [0.29, 0.717) is 0 Å². The lowest BCUT2D eigenvalue weighted by molar-refractivity contribution is -0.152. The molecule has 0 aromatic rings. The molecular formula is C10H16Cl2O2Si. The van der Waals surface area contributed by atoms with Gasteiger partial charge in [0.25, 0.3) is 0 Å². The standard InChI is InChI=1S/C10H16Cl2O2Si/c1-15(2,3)14-9-6-4-5-7(9)8(13)10(9,11)12/h7H,4-6H2,1-3H3. The van der Waals surface area contributed by atoms with Crippen molar-refractivity contribution in [1.29, 1.82) is 0 Å². The molecule has 0 bridgehead atoms. The second-order valence-corrected chi connectivity index (χ2v) is 11.2. The summed E-state index contributed by atoms with van der Waals surface area (Å²) in [5.41, 5.74) is -0.572. The normalized spacial score (nSPS) is 38.7. The third kappa shape index (κ3) is 1.51. The Morgan fingerprint density at radius 3 is 2.53 bits per heavy atom. The molecule has 2 atom stereocenters. The van der Waals surface area contributed by atoms with Crippen LogP contribution in [-0.2, 0) is 9.22 Å². The number of Topliss-reactive ketones (excluding diaryl/α,β-unsaturated/α-hetero) is 1. The van der Waals surface area contributed by atoms with Gasteiger partial charge in [0.15, 0.2) is 14.1 Å². The first-order valence-corrected chi connectivity index (χ1v) is 9.49. The van der Waals surface area contributed by atoms with Gasteiger partial charge < -0.3 is 4.43 Å². The number of halogens is 2. The highest BCUT2D eigenvalue weighted by Crippen LogP contribution is 2.62. The van der Waals surface area contributed by atoms with Crippen LogP contribution in [0.4, 0.5) is 0 Å². The molecule has 15 heavy (non-hydrogen) atoms. The summed E-state index contributed by atoms with van der Waals surface area (Å²) in [7, 11) is -1.72. The van der Waals surface area contributed by atoms with Gasteiger partial charge in [-0.1, -0.05) is 23.2 Å². The SMILES string of the molecule is C[Si](C)(C)OC12CCCC1C(=O)C2(Cl)Cl. The lowest BCUT2D eigenvalue weighted by Crippen LogP contribution is -2.71. The molecule has 0 aliphatic heterocycles. The first-order chi connectivity index (χ1) is 6.71. The molecule has 2 unspecified atom stereocenters. The molecule has 0 N–H and O–H groups in total. The number of alkyl halides is 2. The van der Waals surface area contributed by atoms with Crippen molar-refractivity contribution in [2.24, 2.45) is 5.92 Å². The van der Waals surface area contributed by atoms with Crippen LogP contribution in [0.5, 0.6) is 0 Å². The fourth-order valence-electron chi connectivity index (χ4n) is 2.78. The fraction of sp³-hybridized carbons (Fsp3) is 0.900. The molecule has 2 nitrogen and oxygen atoms in total. The molecule has 0 radical (unpaired) electrons. The zero-order valence-electron chi connectivity index (χ0n) is 9.27. The molecule has 2 fully saturated rings. The van der Waals surface area contributed by atoms with Crippen LogP contribution >= 0.6 is 23.2 Å². The average Bonchev–Trinajstić information content (AvgIpc) is 2.43. The van der Waals surface area contributed by atoms with Gasteiger partial charge in [-0.15, -0.1) is 0 Å². The molecule has 0 heterocycles. The van der Waals surface area contributed by atoms with Crippen molar-refractivity contribution in [2.75, 3.05) is 0 Å². The Balaban J connectivity index is 2.29. The van der Waals surface area contributed by atoms with E-state index in [1.54, 1.807) is 0 Å². The van der Waals surface area contributed by atoms with E-state index in [9.17, 15) is 4.79 Å². The first-order valence-electron chi connectivity index (χ1n) is 5.33. The van der Waals surface area contributed by atoms with Crippen molar-refractivity contribution in [3.05, 3.63) is 0 Å². The minimum Gasteiger partial charge on any atom is -0.408 e. The van der Waals surface area contributed by atoms with Crippen molar-refractivity contribution >= 4 is 37.3 Å². The summed E-state index contributed by atoms with van der Waals surface area (Å²) in [5.74, 6) is -0.0965. The minimum atomic E-state index is -1.72. The highest BCUT2D eigenvalue weighted by Gasteiger charge is 2.74. The van der Waals surface area contributed by atoms with Crippen LogP contribution in [0, 0.1) is 5.92 Å². The topological polar surface area (TPSA) is 26.3 Å². The van der Waals surface area contributed by atoms with Crippen molar-refractivity contribution in [1.82, 2.24) is 0 Å². The molecule has 0 saturated heterocycles. The van der Waals surface area contributed by atoms with E-state index in [0.717, 1.165) is 19.3 Å². The largest absolute Gasteiger partial charge is 0.408 e. The van der Waals surface area contributed by atoms with Crippen LogP contribution in [0.3, 0.4) is 0 Å². The average molecular weight is 267 g/mol. The summed E-state index contributed by atoms with van der Waals surface area (Å²) in [4.78, 5) is 11.7. The molecule has 2 aliphatic carbocycles. The first kappa shape index (κ1) is 11.9. The number of fused-ring (bicyclic) bond motifs is 1. The minimum absolute atomic E-state index is 0.0402. The van der Waals surface area contributed by atoms with E-state index < -0.39 is 18.3 Å². The van der Waals surface area contributed by atoms with Crippen LogP contribution in [-0.4, -0.2) is 24.0 Å². The number of hydrogen-bond acceptors (Lipinski definition) is 2. The van der Waals surface area contributed by atoms with Crippen molar-refractivity contribution < 1.29 is 9.22 Å². The highest BCUT2D eigenvalue weighted by molar-refractivity contribution is 6.70. The molecule has 0 aromatic heterocycles. The van der Waals surface area contributed by atoms with Crippen LogP contribution < -0.4 is 0 Å². The predicted octanol–water partition coefficient (Wildman–Crippen LogP) is 3.13. The Kier molecular flexibility index (Phi) is 2.55. The zero-order valence-corrected chi connectivity index (χ0v) is 11.8. The molecule has 2 aliphatic rings. The molecule has 2 rings (SSSR count). The summed E-state index contributed by atoms with van der Waals surface area (Å²) >= 11 is 12.3. The van der Waals surface area contributed by atoms with Gasteiger partial charge >= 0.3 is 0 Å². The number of hydrogen-bond donors (Lipinski definition) is 0.